The van der Waals surface area contributed by atoms with Gasteiger partial charge in [-0.15, -0.1) is 0 Å². The predicted molar refractivity (Wildman–Crippen MR) is 72.0 cm³/mol. The topological polar surface area (TPSA) is 81.0 Å². The summed E-state index contributed by atoms with van der Waals surface area (Å²) in [5, 5.41) is 29.5. The first kappa shape index (κ1) is 13.5. The Bertz CT molecular complexity index is 506. The van der Waals surface area contributed by atoms with Crippen LogP contribution in [-0.4, -0.2) is 50.5 Å². The summed E-state index contributed by atoms with van der Waals surface area (Å²) < 4.78 is 0. The van der Waals surface area contributed by atoms with Crippen LogP contribution in [0.2, 0.25) is 0 Å². The van der Waals surface area contributed by atoms with Crippen LogP contribution in [0, 0.1) is 5.92 Å². The fourth-order valence-corrected chi connectivity index (χ4v) is 3.82. The lowest BCUT2D eigenvalue weighted by Gasteiger charge is -2.41. The maximum atomic E-state index is 11.6. The molecular formula is C15H19NO4. The number of hydrogen-bond donors (Lipinski definition) is 3. The number of benzene rings is 1. The van der Waals surface area contributed by atoms with E-state index in [0.717, 1.165) is 5.56 Å². The van der Waals surface area contributed by atoms with Crippen LogP contribution in [-0.2, 0) is 4.79 Å². The Labute approximate surface area is 117 Å². The third-order valence-corrected chi connectivity index (χ3v) is 4.79. The van der Waals surface area contributed by atoms with E-state index in [1.807, 2.05) is 42.2 Å². The molecule has 2 bridgehead atoms. The van der Waals surface area contributed by atoms with Crippen molar-refractivity contribution >= 4 is 5.97 Å². The van der Waals surface area contributed by atoms with E-state index in [0.29, 0.717) is 6.42 Å². The molecule has 1 saturated heterocycles. The molecule has 3 rings (SSSR count). The number of fused-ring (bicyclic) bond motifs is 2. The highest BCUT2D eigenvalue weighted by molar-refractivity contribution is 5.75. The summed E-state index contributed by atoms with van der Waals surface area (Å²) in [7, 11) is 0. The van der Waals surface area contributed by atoms with Crippen molar-refractivity contribution in [2.75, 3.05) is 0 Å². The molecule has 6 atom stereocenters. The fraction of sp³-hybridized carbons (Fsp3) is 0.533. The maximum absolute atomic E-state index is 11.6. The number of aliphatic hydroxyl groups excluding tert-OH is 2. The van der Waals surface area contributed by atoms with Crippen LogP contribution in [0.1, 0.15) is 24.9 Å². The molecule has 20 heavy (non-hydrogen) atoms. The number of likely N-dealkylation sites (tertiary alicyclic amines) is 1. The molecule has 1 saturated carbocycles. The lowest BCUT2D eigenvalue weighted by molar-refractivity contribution is -0.154. The maximum Gasteiger partial charge on any atom is 0.321 e. The van der Waals surface area contributed by atoms with E-state index in [2.05, 4.69) is 0 Å². The Morgan fingerprint density at radius 1 is 1.25 bits per heavy atom. The van der Waals surface area contributed by atoms with Crippen molar-refractivity contribution in [1.29, 1.82) is 0 Å². The van der Waals surface area contributed by atoms with E-state index in [9.17, 15) is 20.1 Å². The third-order valence-electron chi connectivity index (χ3n) is 4.79. The second kappa shape index (κ2) is 4.84. The summed E-state index contributed by atoms with van der Waals surface area (Å²) in [4.78, 5) is 13.4. The van der Waals surface area contributed by atoms with Gasteiger partial charge >= 0.3 is 5.97 Å². The van der Waals surface area contributed by atoms with Crippen LogP contribution in [0.3, 0.4) is 0 Å². The molecule has 1 heterocycles. The lowest BCUT2D eigenvalue weighted by atomic mass is 9.92. The van der Waals surface area contributed by atoms with Gasteiger partial charge in [-0.05, 0) is 18.9 Å². The second-order valence-corrected chi connectivity index (χ2v) is 5.77. The summed E-state index contributed by atoms with van der Waals surface area (Å²) in [5.74, 6) is -1.31. The highest BCUT2D eigenvalue weighted by Crippen LogP contribution is 2.46. The number of aliphatic hydroxyl groups is 2. The summed E-state index contributed by atoms with van der Waals surface area (Å²) in [6.07, 6.45) is -1.25. The van der Waals surface area contributed by atoms with Gasteiger partial charge in [-0.1, -0.05) is 30.3 Å². The molecule has 1 aromatic rings. The van der Waals surface area contributed by atoms with Gasteiger partial charge < -0.3 is 15.3 Å². The fourth-order valence-electron chi connectivity index (χ4n) is 3.82. The standard InChI is InChI=1S/C15H19NO4/c1-8(9-5-3-2-4-6-9)16-11-7-10(12(16)15(19)20)13(17)14(11)18/h2-6,8,10-14,17-18H,7H2,1H3,(H,19,20)/t8-,10-,11-,12?,13+,14-/m0/s1. The van der Waals surface area contributed by atoms with E-state index in [4.69, 9.17) is 0 Å². The normalized spacial score (nSPS) is 38.0. The van der Waals surface area contributed by atoms with E-state index < -0.39 is 30.1 Å². The number of aliphatic carboxylic acids is 1. The summed E-state index contributed by atoms with van der Waals surface area (Å²) in [6, 6.07) is 8.55. The molecule has 2 fully saturated rings. The first-order valence-corrected chi connectivity index (χ1v) is 6.93. The molecule has 0 radical (unpaired) electrons. The number of piperidine rings is 1. The van der Waals surface area contributed by atoms with Crippen molar-refractivity contribution in [2.24, 2.45) is 5.92 Å². The molecule has 5 heteroatoms. The molecular weight excluding hydrogens is 258 g/mol. The van der Waals surface area contributed by atoms with Crippen LogP contribution in [0.5, 0.6) is 0 Å². The summed E-state index contributed by atoms with van der Waals surface area (Å²) in [5.41, 5.74) is 1.02. The third kappa shape index (κ3) is 1.85. The van der Waals surface area contributed by atoms with Gasteiger partial charge in [-0.25, -0.2) is 0 Å². The van der Waals surface area contributed by atoms with Crippen LogP contribution in [0.4, 0.5) is 0 Å². The monoisotopic (exact) mass is 277 g/mol. The predicted octanol–water partition coefficient (Wildman–Crippen LogP) is 0.627. The molecule has 0 amide bonds. The first-order valence-electron chi connectivity index (χ1n) is 6.93. The summed E-state index contributed by atoms with van der Waals surface area (Å²) in [6.45, 7) is 1.95. The molecule has 108 valence electrons. The number of carbonyl (C=O) groups is 1. The number of hydrogen-bond acceptors (Lipinski definition) is 4. The Kier molecular flexibility index (Phi) is 3.28. The Hall–Kier alpha value is -1.43. The molecule has 0 spiro atoms. The van der Waals surface area contributed by atoms with Crippen molar-refractivity contribution in [3.05, 3.63) is 35.9 Å². The van der Waals surface area contributed by atoms with E-state index in [1.54, 1.807) is 0 Å². The lowest BCUT2D eigenvalue weighted by Crippen LogP contribution is -2.57. The molecule has 1 unspecified atom stereocenters. The average Bonchev–Trinajstić information content (AvgIpc) is 2.97. The van der Waals surface area contributed by atoms with Crippen molar-refractivity contribution < 1.29 is 20.1 Å². The summed E-state index contributed by atoms with van der Waals surface area (Å²) >= 11 is 0. The number of carboxylic acid groups (broad SMARTS) is 1. The van der Waals surface area contributed by atoms with Crippen LogP contribution in [0.15, 0.2) is 30.3 Å². The molecule has 1 aliphatic heterocycles. The smallest absolute Gasteiger partial charge is 0.321 e. The Morgan fingerprint density at radius 2 is 1.90 bits per heavy atom. The van der Waals surface area contributed by atoms with E-state index in [-0.39, 0.29) is 12.1 Å². The zero-order valence-corrected chi connectivity index (χ0v) is 11.3. The van der Waals surface area contributed by atoms with Gasteiger partial charge in [0, 0.05) is 18.0 Å². The van der Waals surface area contributed by atoms with Crippen molar-refractivity contribution in [1.82, 2.24) is 4.90 Å². The Balaban J connectivity index is 1.93. The van der Waals surface area contributed by atoms with Crippen molar-refractivity contribution in [3.8, 4) is 0 Å². The average molecular weight is 277 g/mol. The van der Waals surface area contributed by atoms with Gasteiger partial charge in [0.05, 0.1) is 12.2 Å². The SMILES string of the molecule is C[C@@H](c1ccccc1)N1C(C(=O)O)[C@@H]2C[C@H]1[C@H](O)[C@@H]2O. The molecule has 0 aromatic heterocycles. The zero-order chi connectivity index (χ0) is 14.4. The minimum atomic E-state index is -0.930. The largest absolute Gasteiger partial charge is 0.480 e. The van der Waals surface area contributed by atoms with Gasteiger partial charge in [0.1, 0.15) is 6.04 Å². The molecule has 3 N–H and O–H groups in total. The Morgan fingerprint density at radius 3 is 2.50 bits per heavy atom. The van der Waals surface area contributed by atoms with Gasteiger partial charge in [0.15, 0.2) is 0 Å². The van der Waals surface area contributed by atoms with Gasteiger partial charge in [0.25, 0.3) is 0 Å². The highest BCUT2D eigenvalue weighted by atomic mass is 16.4. The number of rotatable bonds is 3. The molecule has 2 aliphatic rings. The van der Waals surface area contributed by atoms with Gasteiger partial charge in [-0.2, -0.15) is 0 Å². The van der Waals surface area contributed by atoms with Crippen LogP contribution >= 0.6 is 0 Å². The second-order valence-electron chi connectivity index (χ2n) is 5.77. The number of nitrogens with zero attached hydrogens (tertiary/aromatic N) is 1. The molecule has 5 nitrogen and oxygen atoms in total. The van der Waals surface area contributed by atoms with Crippen molar-refractivity contribution in [3.63, 3.8) is 0 Å². The quantitative estimate of drug-likeness (QED) is 0.755. The first-order chi connectivity index (χ1) is 9.52. The van der Waals surface area contributed by atoms with E-state index in [1.165, 1.54) is 0 Å². The molecule has 1 aliphatic carbocycles. The van der Waals surface area contributed by atoms with Gasteiger partial charge in [-0.3, -0.25) is 9.69 Å². The minimum Gasteiger partial charge on any atom is -0.480 e. The molecule has 1 aromatic carbocycles. The van der Waals surface area contributed by atoms with Crippen LogP contribution in [0.25, 0.3) is 0 Å². The highest BCUT2D eigenvalue weighted by Gasteiger charge is 2.59. The minimum absolute atomic E-state index is 0.102. The van der Waals surface area contributed by atoms with Gasteiger partial charge in [0.2, 0.25) is 0 Å². The number of carboxylic acids is 1. The zero-order valence-electron chi connectivity index (χ0n) is 11.3. The van der Waals surface area contributed by atoms with Crippen LogP contribution < -0.4 is 0 Å². The van der Waals surface area contributed by atoms with Crippen molar-refractivity contribution in [2.45, 2.75) is 43.7 Å². The van der Waals surface area contributed by atoms with E-state index >= 15 is 0 Å².